The fourth-order valence-corrected chi connectivity index (χ4v) is 3.68. The molecule has 2 rings (SSSR count). The zero-order valence-corrected chi connectivity index (χ0v) is 18.2. The molecule has 11 heteroatoms. The smallest absolute Gasteiger partial charge is 0.329 e. The molecule has 0 spiro atoms. The van der Waals surface area contributed by atoms with Gasteiger partial charge < -0.3 is 10.1 Å². The number of carbonyl (C=O) groups is 1. The Morgan fingerprint density at radius 2 is 1.86 bits per heavy atom. The van der Waals surface area contributed by atoms with E-state index in [1.807, 2.05) is 10.8 Å². The predicted octanol–water partition coefficient (Wildman–Crippen LogP) is 3.78. The predicted molar refractivity (Wildman–Crippen MR) is 111 cm³/mol. The highest BCUT2D eigenvalue weighted by Gasteiger charge is 2.27. The van der Waals surface area contributed by atoms with Crippen LogP contribution in [0.25, 0.3) is 0 Å². The van der Waals surface area contributed by atoms with Crippen LogP contribution in [0.3, 0.4) is 0 Å². The molecular formula is C17H18IN3O6S. The SMILES string of the molecule is CC(C)(C)NC(=O)NS(=O)(=O)c1cc([N+](=O)[O-])ccc1Oc1cccc(I)c1. The van der Waals surface area contributed by atoms with E-state index in [1.54, 1.807) is 39.0 Å². The number of ether oxygens (including phenoxy) is 1. The molecule has 2 aromatic carbocycles. The molecule has 0 radical (unpaired) electrons. The Bertz CT molecular complexity index is 1020. The van der Waals surface area contributed by atoms with Crippen LogP contribution in [-0.4, -0.2) is 24.9 Å². The Balaban J connectivity index is 2.45. The van der Waals surface area contributed by atoms with E-state index in [9.17, 15) is 23.3 Å². The van der Waals surface area contributed by atoms with Crippen LogP contribution >= 0.6 is 22.6 Å². The lowest BCUT2D eigenvalue weighted by Crippen LogP contribution is -2.48. The van der Waals surface area contributed by atoms with Gasteiger partial charge in [0.15, 0.2) is 0 Å². The zero-order valence-electron chi connectivity index (χ0n) is 15.2. The van der Waals surface area contributed by atoms with E-state index in [1.165, 1.54) is 6.07 Å². The molecule has 0 aliphatic heterocycles. The minimum atomic E-state index is -4.44. The highest BCUT2D eigenvalue weighted by Crippen LogP contribution is 2.32. The number of non-ortho nitro benzene ring substituents is 1. The lowest BCUT2D eigenvalue weighted by molar-refractivity contribution is -0.385. The van der Waals surface area contributed by atoms with Crippen LogP contribution in [0.1, 0.15) is 20.8 Å². The van der Waals surface area contributed by atoms with Crippen molar-refractivity contribution in [2.45, 2.75) is 31.2 Å². The van der Waals surface area contributed by atoms with Crippen molar-refractivity contribution >= 4 is 44.3 Å². The Hall–Kier alpha value is -2.41. The minimum Gasteiger partial charge on any atom is -0.456 e. The number of amides is 2. The highest BCUT2D eigenvalue weighted by molar-refractivity contribution is 14.1. The van der Waals surface area contributed by atoms with E-state index < -0.39 is 37.1 Å². The highest BCUT2D eigenvalue weighted by atomic mass is 127. The lowest BCUT2D eigenvalue weighted by Gasteiger charge is -2.21. The monoisotopic (exact) mass is 519 g/mol. The van der Waals surface area contributed by atoms with Crippen molar-refractivity contribution in [3.05, 3.63) is 56.1 Å². The quantitative estimate of drug-likeness (QED) is 0.352. The fourth-order valence-electron chi connectivity index (χ4n) is 2.11. The van der Waals surface area contributed by atoms with E-state index in [0.29, 0.717) is 5.75 Å². The standard InChI is InChI=1S/C17H18IN3O6S/c1-17(2,3)19-16(22)20-28(25,26)15-10-12(21(23)24)7-8-14(15)27-13-6-4-5-11(18)9-13/h4-10H,1-3H3,(H2,19,20,22). The number of hydrogen-bond acceptors (Lipinski definition) is 6. The van der Waals surface area contributed by atoms with Gasteiger partial charge in [0, 0.05) is 21.2 Å². The third-order valence-corrected chi connectivity index (χ3v) is 5.19. The zero-order chi connectivity index (χ0) is 21.1. The first-order chi connectivity index (χ1) is 12.9. The van der Waals surface area contributed by atoms with Crippen molar-refractivity contribution in [3.8, 4) is 11.5 Å². The molecule has 0 fully saturated rings. The Morgan fingerprint density at radius 1 is 1.18 bits per heavy atom. The number of halogens is 1. The summed E-state index contributed by atoms with van der Waals surface area (Å²) < 4.78 is 33.7. The van der Waals surface area contributed by atoms with E-state index in [-0.39, 0.29) is 5.75 Å². The number of nitro benzene ring substituents is 1. The molecule has 0 unspecified atom stereocenters. The van der Waals surface area contributed by atoms with Crippen LogP contribution < -0.4 is 14.8 Å². The van der Waals surface area contributed by atoms with Crippen molar-refractivity contribution in [1.29, 1.82) is 0 Å². The number of nitrogens with zero attached hydrogens (tertiary/aromatic N) is 1. The average Bonchev–Trinajstić information content (AvgIpc) is 2.52. The van der Waals surface area contributed by atoms with Crippen LogP contribution in [0.2, 0.25) is 0 Å². The van der Waals surface area contributed by atoms with E-state index >= 15 is 0 Å². The third kappa shape index (κ3) is 6.05. The minimum absolute atomic E-state index is 0.149. The number of benzene rings is 2. The van der Waals surface area contributed by atoms with Gasteiger partial charge in [-0.05, 0) is 67.6 Å². The van der Waals surface area contributed by atoms with Gasteiger partial charge in [-0.15, -0.1) is 0 Å². The summed E-state index contributed by atoms with van der Waals surface area (Å²) in [5.74, 6) is 0.194. The van der Waals surface area contributed by atoms with E-state index in [0.717, 1.165) is 15.7 Å². The van der Waals surface area contributed by atoms with Crippen LogP contribution in [-0.2, 0) is 10.0 Å². The maximum Gasteiger partial charge on any atom is 0.329 e. The summed E-state index contributed by atoms with van der Waals surface area (Å²) in [7, 11) is -4.44. The van der Waals surface area contributed by atoms with Gasteiger partial charge in [-0.25, -0.2) is 17.9 Å². The van der Waals surface area contributed by atoms with Crippen LogP contribution in [0, 0.1) is 13.7 Å². The number of rotatable bonds is 5. The molecular weight excluding hydrogens is 501 g/mol. The molecule has 0 saturated carbocycles. The second-order valence-corrected chi connectivity index (χ2v) is 9.65. The lowest BCUT2D eigenvalue weighted by atomic mass is 10.1. The molecule has 0 bridgehead atoms. The topological polar surface area (TPSA) is 128 Å². The molecule has 2 amide bonds. The van der Waals surface area contributed by atoms with Crippen molar-refractivity contribution in [2.24, 2.45) is 0 Å². The maximum atomic E-state index is 12.7. The second-order valence-electron chi connectivity index (χ2n) is 6.76. The molecule has 150 valence electrons. The molecule has 0 heterocycles. The summed E-state index contributed by atoms with van der Waals surface area (Å²) in [4.78, 5) is 21.8. The second kappa shape index (κ2) is 8.31. The summed E-state index contributed by atoms with van der Waals surface area (Å²) in [6.45, 7) is 5.04. The van der Waals surface area contributed by atoms with Gasteiger partial charge in [-0.1, -0.05) is 6.07 Å². The third-order valence-electron chi connectivity index (χ3n) is 3.17. The summed E-state index contributed by atoms with van der Waals surface area (Å²) in [6, 6.07) is 8.99. The Kier molecular flexibility index (Phi) is 6.49. The van der Waals surface area contributed by atoms with Crippen molar-refractivity contribution < 1.29 is 22.9 Å². The normalized spacial score (nSPS) is 11.6. The summed E-state index contributed by atoms with van der Waals surface area (Å²) in [5.41, 5.74) is -1.13. The number of sulfonamides is 1. The van der Waals surface area contributed by atoms with Crippen LogP contribution in [0.15, 0.2) is 47.4 Å². The fraction of sp³-hybridized carbons (Fsp3) is 0.235. The van der Waals surface area contributed by atoms with Gasteiger partial charge in [0.25, 0.3) is 15.7 Å². The molecule has 0 atom stereocenters. The van der Waals surface area contributed by atoms with Crippen molar-refractivity contribution in [2.75, 3.05) is 0 Å². The first kappa shape index (κ1) is 21.9. The van der Waals surface area contributed by atoms with Gasteiger partial charge in [0.1, 0.15) is 16.4 Å². The number of nitro groups is 1. The van der Waals surface area contributed by atoms with Gasteiger partial charge in [-0.3, -0.25) is 10.1 Å². The van der Waals surface area contributed by atoms with Crippen LogP contribution in [0.4, 0.5) is 10.5 Å². The van der Waals surface area contributed by atoms with Crippen molar-refractivity contribution in [1.82, 2.24) is 10.0 Å². The van der Waals surface area contributed by atoms with Gasteiger partial charge in [0.2, 0.25) is 0 Å². The largest absolute Gasteiger partial charge is 0.456 e. The first-order valence-corrected chi connectivity index (χ1v) is 10.5. The molecule has 0 aliphatic rings. The molecule has 0 aliphatic carbocycles. The Morgan fingerprint density at radius 3 is 2.43 bits per heavy atom. The average molecular weight is 519 g/mol. The van der Waals surface area contributed by atoms with Gasteiger partial charge in [0.05, 0.1) is 4.92 Å². The number of urea groups is 1. The number of carbonyl (C=O) groups excluding carboxylic acids is 1. The van der Waals surface area contributed by atoms with E-state index in [2.05, 4.69) is 27.9 Å². The molecule has 0 saturated heterocycles. The Labute approximate surface area is 175 Å². The maximum absolute atomic E-state index is 12.7. The number of hydrogen-bond donors (Lipinski definition) is 2. The number of nitrogens with one attached hydrogen (secondary N) is 2. The molecule has 28 heavy (non-hydrogen) atoms. The molecule has 2 aromatic rings. The molecule has 9 nitrogen and oxygen atoms in total. The van der Waals surface area contributed by atoms with Gasteiger partial charge in [-0.2, -0.15) is 0 Å². The van der Waals surface area contributed by atoms with Crippen LogP contribution in [0.5, 0.6) is 11.5 Å². The van der Waals surface area contributed by atoms with Gasteiger partial charge >= 0.3 is 6.03 Å². The summed E-state index contributed by atoms with van der Waals surface area (Å²) >= 11 is 2.06. The molecule has 2 N–H and O–H groups in total. The van der Waals surface area contributed by atoms with Crippen molar-refractivity contribution in [3.63, 3.8) is 0 Å². The summed E-state index contributed by atoms with van der Waals surface area (Å²) in [5, 5.41) is 13.5. The first-order valence-electron chi connectivity index (χ1n) is 7.94. The van der Waals surface area contributed by atoms with E-state index in [4.69, 9.17) is 4.74 Å². The summed E-state index contributed by atoms with van der Waals surface area (Å²) in [6.07, 6.45) is 0. The molecule has 0 aromatic heterocycles.